The fourth-order valence-corrected chi connectivity index (χ4v) is 3.90. The van der Waals surface area contributed by atoms with E-state index < -0.39 is 0 Å². The first-order chi connectivity index (χ1) is 8.35. The molecule has 2 aliphatic carbocycles. The normalized spacial score (nSPS) is 39.2. The lowest BCUT2D eigenvalue weighted by atomic mass is 9.79. The van der Waals surface area contributed by atoms with Gasteiger partial charge < -0.3 is 11.1 Å². The van der Waals surface area contributed by atoms with E-state index in [-0.39, 0.29) is 0 Å². The number of nitrogens with two attached hydrogens (primary N) is 1. The minimum atomic E-state index is 0.714. The molecular formula is C15H30N2. The SMILES string of the molecule is CCC1CCCCC1NC1CCCCC1CN. The van der Waals surface area contributed by atoms with Crippen LogP contribution in [0.15, 0.2) is 0 Å². The van der Waals surface area contributed by atoms with Crippen LogP contribution in [-0.4, -0.2) is 18.6 Å². The Morgan fingerprint density at radius 2 is 1.41 bits per heavy atom. The molecule has 2 saturated carbocycles. The highest BCUT2D eigenvalue weighted by atomic mass is 15.0. The van der Waals surface area contributed by atoms with E-state index in [2.05, 4.69) is 12.2 Å². The second-order valence-electron chi connectivity index (χ2n) is 6.11. The van der Waals surface area contributed by atoms with Gasteiger partial charge in [0.25, 0.3) is 0 Å². The van der Waals surface area contributed by atoms with Crippen molar-refractivity contribution in [2.75, 3.05) is 6.54 Å². The minimum Gasteiger partial charge on any atom is -0.330 e. The molecule has 0 spiro atoms. The van der Waals surface area contributed by atoms with Crippen LogP contribution in [0.5, 0.6) is 0 Å². The summed E-state index contributed by atoms with van der Waals surface area (Å²) < 4.78 is 0. The van der Waals surface area contributed by atoms with Crippen LogP contribution < -0.4 is 11.1 Å². The maximum Gasteiger partial charge on any atom is 0.0110 e. The van der Waals surface area contributed by atoms with Gasteiger partial charge in [-0.15, -0.1) is 0 Å². The molecule has 0 aromatic rings. The summed E-state index contributed by atoms with van der Waals surface area (Å²) in [7, 11) is 0. The van der Waals surface area contributed by atoms with Gasteiger partial charge in [-0.05, 0) is 44.1 Å². The zero-order valence-electron chi connectivity index (χ0n) is 11.5. The molecule has 0 aliphatic heterocycles. The van der Waals surface area contributed by atoms with Crippen molar-refractivity contribution in [1.82, 2.24) is 5.32 Å². The lowest BCUT2D eigenvalue weighted by molar-refractivity contribution is 0.184. The molecule has 0 aromatic heterocycles. The number of rotatable bonds is 4. The van der Waals surface area contributed by atoms with E-state index in [1.54, 1.807) is 0 Å². The molecule has 0 bridgehead atoms. The van der Waals surface area contributed by atoms with Crippen LogP contribution in [0.4, 0.5) is 0 Å². The molecule has 100 valence electrons. The van der Waals surface area contributed by atoms with Crippen molar-refractivity contribution in [3.8, 4) is 0 Å². The molecule has 3 N–H and O–H groups in total. The van der Waals surface area contributed by atoms with Crippen molar-refractivity contribution in [3.63, 3.8) is 0 Å². The summed E-state index contributed by atoms with van der Waals surface area (Å²) in [6.45, 7) is 3.23. The van der Waals surface area contributed by atoms with E-state index in [1.165, 1.54) is 57.8 Å². The first-order valence-electron chi connectivity index (χ1n) is 7.81. The monoisotopic (exact) mass is 238 g/mol. The second kappa shape index (κ2) is 6.75. The van der Waals surface area contributed by atoms with Gasteiger partial charge in [-0.25, -0.2) is 0 Å². The molecule has 2 heteroatoms. The van der Waals surface area contributed by atoms with Crippen LogP contribution in [0, 0.1) is 11.8 Å². The third kappa shape index (κ3) is 3.45. The van der Waals surface area contributed by atoms with Crippen LogP contribution in [0.3, 0.4) is 0 Å². The minimum absolute atomic E-state index is 0.714. The average Bonchev–Trinajstić information content (AvgIpc) is 2.40. The fraction of sp³-hybridized carbons (Fsp3) is 1.00. The smallest absolute Gasteiger partial charge is 0.0110 e. The molecule has 0 amide bonds. The number of hydrogen-bond donors (Lipinski definition) is 2. The van der Waals surface area contributed by atoms with Crippen molar-refractivity contribution in [2.45, 2.75) is 76.8 Å². The number of nitrogens with one attached hydrogen (secondary N) is 1. The van der Waals surface area contributed by atoms with Crippen LogP contribution in [0.2, 0.25) is 0 Å². The fourth-order valence-electron chi connectivity index (χ4n) is 3.90. The van der Waals surface area contributed by atoms with Crippen molar-refractivity contribution >= 4 is 0 Å². The third-order valence-electron chi connectivity index (χ3n) is 5.07. The summed E-state index contributed by atoms with van der Waals surface area (Å²) >= 11 is 0. The van der Waals surface area contributed by atoms with Gasteiger partial charge in [0.05, 0.1) is 0 Å². The predicted molar refractivity (Wildman–Crippen MR) is 74.0 cm³/mol. The molecule has 0 radical (unpaired) electrons. The highest BCUT2D eigenvalue weighted by molar-refractivity contribution is 4.88. The van der Waals surface area contributed by atoms with E-state index in [0.29, 0.717) is 6.04 Å². The van der Waals surface area contributed by atoms with Gasteiger partial charge in [0.2, 0.25) is 0 Å². The summed E-state index contributed by atoms with van der Waals surface area (Å²) in [5, 5.41) is 3.98. The predicted octanol–water partition coefficient (Wildman–Crippen LogP) is 3.06. The number of hydrogen-bond acceptors (Lipinski definition) is 2. The Morgan fingerprint density at radius 1 is 0.882 bits per heavy atom. The Hall–Kier alpha value is -0.0800. The van der Waals surface area contributed by atoms with Gasteiger partial charge in [-0.2, -0.15) is 0 Å². The van der Waals surface area contributed by atoms with Crippen LogP contribution in [-0.2, 0) is 0 Å². The van der Waals surface area contributed by atoms with E-state index in [0.717, 1.165) is 24.4 Å². The summed E-state index contributed by atoms with van der Waals surface area (Å²) in [5.41, 5.74) is 5.93. The molecule has 0 saturated heterocycles. The van der Waals surface area contributed by atoms with Gasteiger partial charge in [-0.1, -0.05) is 39.0 Å². The molecule has 4 atom stereocenters. The molecule has 0 aromatic carbocycles. The van der Waals surface area contributed by atoms with Crippen molar-refractivity contribution in [2.24, 2.45) is 17.6 Å². The van der Waals surface area contributed by atoms with E-state index in [1.807, 2.05) is 0 Å². The lowest BCUT2D eigenvalue weighted by Gasteiger charge is -2.39. The van der Waals surface area contributed by atoms with Crippen molar-refractivity contribution in [3.05, 3.63) is 0 Å². The maximum atomic E-state index is 5.93. The molecule has 2 nitrogen and oxygen atoms in total. The zero-order chi connectivity index (χ0) is 12.1. The Bertz CT molecular complexity index is 195. The Morgan fingerprint density at radius 3 is 2.00 bits per heavy atom. The largest absolute Gasteiger partial charge is 0.330 e. The first kappa shape index (κ1) is 13.4. The quantitative estimate of drug-likeness (QED) is 0.790. The van der Waals surface area contributed by atoms with Gasteiger partial charge in [0.1, 0.15) is 0 Å². The Labute approximate surface area is 107 Å². The Kier molecular flexibility index (Phi) is 5.30. The van der Waals surface area contributed by atoms with E-state index in [4.69, 9.17) is 5.73 Å². The molecule has 0 heterocycles. The van der Waals surface area contributed by atoms with Crippen LogP contribution in [0.1, 0.15) is 64.7 Å². The van der Waals surface area contributed by atoms with Crippen LogP contribution >= 0.6 is 0 Å². The van der Waals surface area contributed by atoms with Gasteiger partial charge in [0, 0.05) is 12.1 Å². The lowest BCUT2D eigenvalue weighted by Crippen LogP contribution is -2.49. The topological polar surface area (TPSA) is 38.0 Å². The Balaban J connectivity index is 1.88. The second-order valence-corrected chi connectivity index (χ2v) is 6.11. The summed E-state index contributed by atoms with van der Waals surface area (Å²) in [4.78, 5) is 0. The highest BCUT2D eigenvalue weighted by Gasteiger charge is 2.30. The van der Waals surface area contributed by atoms with Gasteiger partial charge >= 0.3 is 0 Å². The molecule has 2 aliphatic rings. The van der Waals surface area contributed by atoms with E-state index >= 15 is 0 Å². The summed E-state index contributed by atoms with van der Waals surface area (Å²) in [6.07, 6.45) is 12.5. The zero-order valence-corrected chi connectivity index (χ0v) is 11.5. The molecule has 2 rings (SSSR count). The summed E-state index contributed by atoms with van der Waals surface area (Å²) in [6, 6.07) is 1.50. The first-order valence-corrected chi connectivity index (χ1v) is 7.81. The molecule has 17 heavy (non-hydrogen) atoms. The standard InChI is InChI=1S/C15H30N2/c1-2-12-7-3-5-9-14(12)17-15-10-6-4-8-13(15)11-16/h12-15,17H,2-11,16H2,1H3. The van der Waals surface area contributed by atoms with Gasteiger partial charge in [0.15, 0.2) is 0 Å². The summed E-state index contributed by atoms with van der Waals surface area (Å²) in [5.74, 6) is 1.66. The maximum absolute atomic E-state index is 5.93. The average molecular weight is 238 g/mol. The van der Waals surface area contributed by atoms with Gasteiger partial charge in [-0.3, -0.25) is 0 Å². The van der Waals surface area contributed by atoms with Crippen molar-refractivity contribution < 1.29 is 0 Å². The molecule has 4 unspecified atom stereocenters. The van der Waals surface area contributed by atoms with E-state index in [9.17, 15) is 0 Å². The highest BCUT2D eigenvalue weighted by Crippen LogP contribution is 2.30. The molecule has 2 fully saturated rings. The van der Waals surface area contributed by atoms with Crippen LogP contribution in [0.25, 0.3) is 0 Å². The third-order valence-corrected chi connectivity index (χ3v) is 5.07. The van der Waals surface area contributed by atoms with Crippen molar-refractivity contribution in [1.29, 1.82) is 0 Å². The molecular weight excluding hydrogens is 208 g/mol.